The van der Waals surface area contributed by atoms with E-state index in [0.717, 1.165) is 5.69 Å². The van der Waals surface area contributed by atoms with Crippen LogP contribution in [0.15, 0.2) is 6.07 Å². The highest BCUT2D eigenvalue weighted by Crippen LogP contribution is 2.35. The third-order valence-electron chi connectivity index (χ3n) is 2.59. The van der Waals surface area contributed by atoms with Crippen molar-refractivity contribution in [1.82, 2.24) is 10.2 Å². The lowest BCUT2D eigenvalue weighted by Gasteiger charge is -2.22. The van der Waals surface area contributed by atoms with E-state index in [2.05, 4.69) is 10.2 Å². The van der Waals surface area contributed by atoms with Crippen molar-refractivity contribution >= 4 is 9.84 Å². The minimum absolute atomic E-state index is 0.0622. The van der Waals surface area contributed by atoms with Crippen LogP contribution in [-0.2, 0) is 15.6 Å². The Labute approximate surface area is 83.6 Å². The van der Waals surface area contributed by atoms with Gasteiger partial charge in [-0.25, -0.2) is 8.42 Å². The van der Waals surface area contributed by atoms with Gasteiger partial charge in [0.15, 0.2) is 9.84 Å². The Kier molecular flexibility index (Phi) is 2.34. The van der Waals surface area contributed by atoms with Crippen molar-refractivity contribution in [3.05, 3.63) is 17.5 Å². The summed E-state index contributed by atoms with van der Waals surface area (Å²) in [6, 6.07) is 1.88. The first-order valence-electron chi connectivity index (χ1n) is 4.76. The van der Waals surface area contributed by atoms with Gasteiger partial charge < -0.3 is 0 Å². The van der Waals surface area contributed by atoms with E-state index in [9.17, 15) is 8.42 Å². The molecule has 1 aliphatic carbocycles. The number of hydrogen-bond acceptors (Lipinski definition) is 3. The van der Waals surface area contributed by atoms with Gasteiger partial charge in [0.1, 0.15) is 0 Å². The van der Waals surface area contributed by atoms with Crippen molar-refractivity contribution in [2.75, 3.05) is 6.26 Å². The van der Waals surface area contributed by atoms with Crippen molar-refractivity contribution < 1.29 is 8.42 Å². The second kappa shape index (κ2) is 3.38. The molecule has 0 amide bonds. The lowest BCUT2D eigenvalue weighted by atomic mass is 9.83. The van der Waals surface area contributed by atoms with E-state index in [-0.39, 0.29) is 5.75 Å². The normalized spacial score (nSPS) is 18.1. The van der Waals surface area contributed by atoms with Gasteiger partial charge in [-0.1, -0.05) is 6.42 Å². The average Bonchev–Trinajstić information content (AvgIpc) is 2.28. The number of nitrogens with zero attached hydrogens (tertiary/aromatic N) is 1. The lowest BCUT2D eigenvalue weighted by molar-refractivity contribution is 0.410. The maximum Gasteiger partial charge on any atom is 0.153 e. The minimum Gasteiger partial charge on any atom is -0.281 e. The fourth-order valence-electron chi connectivity index (χ4n) is 1.65. The molecule has 0 unspecified atom stereocenters. The van der Waals surface area contributed by atoms with E-state index < -0.39 is 9.84 Å². The van der Waals surface area contributed by atoms with Crippen LogP contribution in [0, 0.1) is 0 Å². The maximum absolute atomic E-state index is 11.0. The zero-order valence-electron chi connectivity index (χ0n) is 8.16. The van der Waals surface area contributed by atoms with Gasteiger partial charge in [0.05, 0.1) is 17.1 Å². The highest BCUT2D eigenvalue weighted by Gasteiger charge is 2.22. The summed E-state index contributed by atoms with van der Waals surface area (Å²) >= 11 is 0. The number of aromatic amines is 1. The van der Waals surface area contributed by atoms with Crippen LogP contribution in [0.1, 0.15) is 36.6 Å². The SMILES string of the molecule is CS(=O)(=O)Cc1cc(C2CCC2)n[nH]1. The van der Waals surface area contributed by atoms with Crippen molar-refractivity contribution in [1.29, 1.82) is 0 Å². The predicted molar refractivity (Wildman–Crippen MR) is 53.7 cm³/mol. The van der Waals surface area contributed by atoms with Gasteiger partial charge in [-0.2, -0.15) is 5.10 Å². The Hall–Kier alpha value is -0.840. The topological polar surface area (TPSA) is 62.8 Å². The molecule has 1 aromatic heterocycles. The van der Waals surface area contributed by atoms with Crippen LogP contribution in [-0.4, -0.2) is 24.9 Å². The quantitative estimate of drug-likeness (QED) is 0.823. The van der Waals surface area contributed by atoms with Gasteiger partial charge >= 0.3 is 0 Å². The average molecular weight is 214 g/mol. The Balaban J connectivity index is 2.09. The molecule has 0 atom stereocenters. The van der Waals surface area contributed by atoms with Gasteiger partial charge in [-0.3, -0.25) is 5.10 Å². The number of rotatable bonds is 3. The molecule has 1 aliphatic rings. The van der Waals surface area contributed by atoms with Crippen molar-refractivity contribution in [2.45, 2.75) is 30.9 Å². The molecule has 0 bridgehead atoms. The first-order valence-corrected chi connectivity index (χ1v) is 6.82. The fourth-order valence-corrected chi connectivity index (χ4v) is 2.36. The van der Waals surface area contributed by atoms with Crippen LogP contribution in [0.3, 0.4) is 0 Å². The molecule has 14 heavy (non-hydrogen) atoms. The molecule has 1 aromatic rings. The van der Waals surface area contributed by atoms with Crippen LogP contribution in [0.2, 0.25) is 0 Å². The summed E-state index contributed by atoms with van der Waals surface area (Å²) < 4.78 is 22.0. The largest absolute Gasteiger partial charge is 0.281 e. The second-order valence-electron chi connectivity index (χ2n) is 4.02. The number of H-pyrrole nitrogens is 1. The molecule has 1 N–H and O–H groups in total. The molecule has 4 nitrogen and oxygen atoms in total. The zero-order valence-corrected chi connectivity index (χ0v) is 8.97. The van der Waals surface area contributed by atoms with E-state index in [4.69, 9.17) is 0 Å². The van der Waals surface area contributed by atoms with Crippen LogP contribution in [0.4, 0.5) is 0 Å². The summed E-state index contributed by atoms with van der Waals surface area (Å²) in [5, 5.41) is 6.92. The van der Waals surface area contributed by atoms with Crippen LogP contribution >= 0.6 is 0 Å². The third-order valence-corrected chi connectivity index (χ3v) is 3.43. The molecule has 0 aromatic carbocycles. The summed E-state index contributed by atoms with van der Waals surface area (Å²) in [4.78, 5) is 0. The van der Waals surface area contributed by atoms with E-state index in [1.54, 1.807) is 0 Å². The summed E-state index contributed by atoms with van der Waals surface area (Å²) in [5.41, 5.74) is 1.73. The van der Waals surface area contributed by atoms with Gasteiger partial charge in [0.2, 0.25) is 0 Å². The van der Waals surface area contributed by atoms with Crippen LogP contribution in [0.5, 0.6) is 0 Å². The van der Waals surface area contributed by atoms with Gasteiger partial charge in [0, 0.05) is 12.2 Å². The molecule has 1 heterocycles. The second-order valence-corrected chi connectivity index (χ2v) is 6.16. The number of aromatic nitrogens is 2. The minimum atomic E-state index is -2.95. The lowest BCUT2D eigenvalue weighted by Crippen LogP contribution is -2.08. The van der Waals surface area contributed by atoms with Crippen LogP contribution < -0.4 is 0 Å². The smallest absolute Gasteiger partial charge is 0.153 e. The monoisotopic (exact) mass is 214 g/mol. The third kappa shape index (κ3) is 2.15. The maximum atomic E-state index is 11.0. The summed E-state index contributed by atoms with van der Waals surface area (Å²) in [6.07, 6.45) is 4.86. The Bertz CT molecular complexity index is 418. The number of sulfone groups is 1. The van der Waals surface area contributed by atoms with Gasteiger partial charge in [-0.15, -0.1) is 0 Å². The molecule has 0 spiro atoms. The molecule has 0 aliphatic heterocycles. The summed E-state index contributed by atoms with van der Waals surface area (Å²) in [5.74, 6) is 0.617. The molecule has 0 radical (unpaired) electrons. The van der Waals surface area contributed by atoms with E-state index in [1.807, 2.05) is 6.07 Å². The molecule has 1 fully saturated rings. The Morgan fingerprint density at radius 2 is 2.29 bits per heavy atom. The first kappa shape index (κ1) is 9.71. The molecular formula is C9H14N2O2S. The summed E-state index contributed by atoms with van der Waals surface area (Å²) in [7, 11) is -2.95. The van der Waals surface area contributed by atoms with E-state index >= 15 is 0 Å². The van der Waals surface area contributed by atoms with E-state index in [0.29, 0.717) is 11.6 Å². The van der Waals surface area contributed by atoms with Gasteiger partial charge in [-0.05, 0) is 18.9 Å². The van der Waals surface area contributed by atoms with Gasteiger partial charge in [0.25, 0.3) is 0 Å². The fraction of sp³-hybridized carbons (Fsp3) is 0.667. The van der Waals surface area contributed by atoms with Crippen molar-refractivity contribution in [3.8, 4) is 0 Å². The highest BCUT2D eigenvalue weighted by molar-refractivity contribution is 7.89. The number of hydrogen-bond donors (Lipinski definition) is 1. The van der Waals surface area contributed by atoms with Crippen LogP contribution in [0.25, 0.3) is 0 Å². The molecule has 78 valence electrons. The van der Waals surface area contributed by atoms with Crippen molar-refractivity contribution in [2.24, 2.45) is 0 Å². The Morgan fingerprint density at radius 1 is 1.57 bits per heavy atom. The zero-order chi connectivity index (χ0) is 10.2. The molecule has 5 heteroatoms. The molecular weight excluding hydrogens is 200 g/mol. The Morgan fingerprint density at radius 3 is 2.79 bits per heavy atom. The molecule has 1 saturated carbocycles. The predicted octanol–water partition coefficient (Wildman–Crippen LogP) is 1.22. The first-order chi connectivity index (χ1) is 6.54. The summed E-state index contributed by atoms with van der Waals surface area (Å²) in [6.45, 7) is 0. The molecule has 2 rings (SSSR count). The van der Waals surface area contributed by atoms with E-state index in [1.165, 1.54) is 25.5 Å². The number of nitrogens with one attached hydrogen (secondary N) is 1. The molecule has 0 saturated heterocycles. The standard InChI is InChI=1S/C9H14N2O2S/c1-14(12,13)6-8-5-9(11-10-8)7-3-2-4-7/h5,7H,2-4,6H2,1H3,(H,10,11). The van der Waals surface area contributed by atoms with Crippen molar-refractivity contribution in [3.63, 3.8) is 0 Å². The highest BCUT2D eigenvalue weighted by atomic mass is 32.2.